The molecule has 110 valence electrons. The van der Waals surface area contributed by atoms with Crippen molar-refractivity contribution in [3.05, 3.63) is 63.6 Å². The van der Waals surface area contributed by atoms with E-state index in [4.69, 9.17) is 5.84 Å². The van der Waals surface area contributed by atoms with Gasteiger partial charge in [0.15, 0.2) is 11.6 Å². The molecule has 21 heavy (non-hydrogen) atoms. The molecule has 0 atom stereocenters. The Kier molecular flexibility index (Phi) is 4.87. The smallest absolute Gasteiger partial charge is 0.251 e. The third-order valence-corrected chi connectivity index (χ3v) is 3.62. The van der Waals surface area contributed by atoms with Crippen molar-refractivity contribution in [2.45, 2.75) is 6.54 Å². The SMILES string of the molecule is NNc1c(F)cc(C(=O)NCc2ccccc2Br)cc1F. The fourth-order valence-electron chi connectivity index (χ4n) is 1.76. The first kappa shape index (κ1) is 15.4. The number of nitrogens with two attached hydrogens (primary N) is 1. The zero-order valence-electron chi connectivity index (χ0n) is 10.8. The van der Waals surface area contributed by atoms with Gasteiger partial charge in [0.25, 0.3) is 5.91 Å². The molecule has 0 fully saturated rings. The first-order valence-electron chi connectivity index (χ1n) is 6.00. The topological polar surface area (TPSA) is 67.1 Å². The van der Waals surface area contributed by atoms with Crippen molar-refractivity contribution in [2.75, 3.05) is 5.43 Å². The lowest BCUT2D eigenvalue weighted by Crippen LogP contribution is -2.23. The third-order valence-electron chi connectivity index (χ3n) is 2.85. The average molecular weight is 356 g/mol. The van der Waals surface area contributed by atoms with Crippen LogP contribution in [-0.2, 0) is 6.54 Å². The Bertz CT molecular complexity index is 656. The molecule has 0 radical (unpaired) electrons. The molecule has 4 N–H and O–H groups in total. The summed E-state index contributed by atoms with van der Waals surface area (Å²) in [5, 5.41) is 2.59. The molecule has 0 saturated carbocycles. The van der Waals surface area contributed by atoms with Crippen LogP contribution < -0.4 is 16.6 Å². The molecule has 2 aromatic carbocycles. The summed E-state index contributed by atoms with van der Waals surface area (Å²) in [6, 6.07) is 9.18. The number of anilines is 1. The molecule has 1 amide bonds. The summed E-state index contributed by atoms with van der Waals surface area (Å²) in [4.78, 5) is 11.9. The van der Waals surface area contributed by atoms with Crippen molar-refractivity contribution in [3.8, 4) is 0 Å². The maximum absolute atomic E-state index is 13.5. The fraction of sp³-hybridized carbons (Fsp3) is 0.0714. The van der Waals surface area contributed by atoms with Gasteiger partial charge in [0.05, 0.1) is 0 Å². The number of carbonyl (C=O) groups is 1. The normalized spacial score (nSPS) is 10.3. The number of nitrogen functional groups attached to an aromatic ring is 1. The Balaban J connectivity index is 2.13. The van der Waals surface area contributed by atoms with Crippen LogP contribution >= 0.6 is 15.9 Å². The van der Waals surface area contributed by atoms with Crippen LogP contribution in [0.25, 0.3) is 0 Å². The molecule has 0 aliphatic heterocycles. The minimum Gasteiger partial charge on any atom is -0.348 e. The van der Waals surface area contributed by atoms with Gasteiger partial charge in [0.1, 0.15) is 5.69 Å². The molecule has 0 aromatic heterocycles. The van der Waals surface area contributed by atoms with Crippen LogP contribution in [0.1, 0.15) is 15.9 Å². The van der Waals surface area contributed by atoms with Gasteiger partial charge in [-0.2, -0.15) is 0 Å². The molecule has 0 aliphatic rings. The average Bonchev–Trinajstić information content (AvgIpc) is 2.45. The van der Waals surface area contributed by atoms with Crippen LogP contribution in [0.5, 0.6) is 0 Å². The highest BCUT2D eigenvalue weighted by Crippen LogP contribution is 2.20. The maximum atomic E-state index is 13.5. The lowest BCUT2D eigenvalue weighted by molar-refractivity contribution is 0.0950. The largest absolute Gasteiger partial charge is 0.348 e. The number of rotatable bonds is 4. The lowest BCUT2D eigenvalue weighted by atomic mass is 10.1. The van der Waals surface area contributed by atoms with E-state index in [0.29, 0.717) is 0 Å². The van der Waals surface area contributed by atoms with Gasteiger partial charge in [-0.25, -0.2) is 8.78 Å². The standard InChI is InChI=1S/C14H12BrF2N3O/c15-10-4-2-1-3-8(10)7-19-14(21)9-5-11(16)13(20-18)12(17)6-9/h1-6,20H,7,18H2,(H,19,21). The van der Waals surface area contributed by atoms with E-state index >= 15 is 0 Å². The second-order valence-electron chi connectivity index (χ2n) is 4.23. The van der Waals surface area contributed by atoms with E-state index < -0.39 is 23.2 Å². The summed E-state index contributed by atoms with van der Waals surface area (Å²) in [5.74, 6) is 2.56. The molecular formula is C14H12BrF2N3O. The number of benzene rings is 2. The molecule has 2 rings (SSSR count). The molecule has 0 heterocycles. The molecule has 2 aromatic rings. The molecule has 0 bridgehead atoms. The molecule has 0 unspecified atom stereocenters. The number of hydrogen-bond acceptors (Lipinski definition) is 3. The number of carbonyl (C=O) groups excluding carboxylic acids is 1. The third kappa shape index (κ3) is 3.56. The van der Waals surface area contributed by atoms with Gasteiger partial charge in [-0.15, -0.1) is 0 Å². The highest BCUT2D eigenvalue weighted by atomic mass is 79.9. The van der Waals surface area contributed by atoms with Crippen LogP contribution in [0, 0.1) is 11.6 Å². The van der Waals surface area contributed by atoms with Crippen molar-refractivity contribution in [2.24, 2.45) is 5.84 Å². The Hall–Kier alpha value is -1.99. The van der Waals surface area contributed by atoms with Crippen molar-refractivity contribution < 1.29 is 13.6 Å². The quantitative estimate of drug-likeness (QED) is 0.583. The summed E-state index contributed by atoms with van der Waals surface area (Å²) in [6.45, 7) is 0.236. The van der Waals surface area contributed by atoms with E-state index in [1.165, 1.54) is 0 Å². The van der Waals surface area contributed by atoms with E-state index in [1.54, 1.807) is 0 Å². The highest BCUT2D eigenvalue weighted by Gasteiger charge is 2.14. The fourth-order valence-corrected chi connectivity index (χ4v) is 2.19. The van der Waals surface area contributed by atoms with Crippen LogP contribution in [0.2, 0.25) is 0 Å². The van der Waals surface area contributed by atoms with E-state index in [2.05, 4.69) is 21.2 Å². The van der Waals surface area contributed by atoms with Gasteiger partial charge < -0.3 is 10.7 Å². The van der Waals surface area contributed by atoms with Gasteiger partial charge in [0, 0.05) is 16.6 Å². The van der Waals surface area contributed by atoms with Crippen molar-refractivity contribution in [1.29, 1.82) is 0 Å². The van der Waals surface area contributed by atoms with Crippen molar-refractivity contribution in [1.82, 2.24) is 5.32 Å². The first-order valence-corrected chi connectivity index (χ1v) is 6.79. The number of hydrogen-bond donors (Lipinski definition) is 3. The van der Waals surface area contributed by atoms with Crippen LogP contribution in [-0.4, -0.2) is 5.91 Å². The summed E-state index contributed by atoms with van der Waals surface area (Å²) < 4.78 is 27.9. The van der Waals surface area contributed by atoms with Crippen LogP contribution in [0.3, 0.4) is 0 Å². The van der Waals surface area contributed by atoms with Gasteiger partial charge in [0.2, 0.25) is 0 Å². The first-order chi connectivity index (χ1) is 10.0. The number of nitrogens with one attached hydrogen (secondary N) is 2. The second-order valence-corrected chi connectivity index (χ2v) is 5.09. The zero-order chi connectivity index (χ0) is 15.4. The van der Waals surface area contributed by atoms with E-state index in [0.717, 1.165) is 22.2 Å². The number of amides is 1. The minimum atomic E-state index is -0.927. The van der Waals surface area contributed by atoms with Crippen LogP contribution in [0.15, 0.2) is 40.9 Å². The van der Waals surface area contributed by atoms with Crippen molar-refractivity contribution >= 4 is 27.5 Å². The zero-order valence-corrected chi connectivity index (χ0v) is 12.4. The number of hydrazine groups is 1. The molecule has 0 aliphatic carbocycles. The van der Waals surface area contributed by atoms with Gasteiger partial charge in [-0.05, 0) is 23.8 Å². The van der Waals surface area contributed by atoms with Gasteiger partial charge in [-0.1, -0.05) is 34.1 Å². The summed E-state index contributed by atoms with van der Waals surface area (Å²) in [6.07, 6.45) is 0. The Morgan fingerprint density at radius 1 is 1.19 bits per heavy atom. The molecule has 0 saturated heterocycles. The predicted molar refractivity (Wildman–Crippen MR) is 79.5 cm³/mol. The second kappa shape index (κ2) is 6.64. The number of halogens is 3. The lowest BCUT2D eigenvalue weighted by Gasteiger charge is -2.09. The van der Waals surface area contributed by atoms with E-state index in [9.17, 15) is 13.6 Å². The molecule has 0 spiro atoms. The van der Waals surface area contributed by atoms with Gasteiger partial charge in [-0.3, -0.25) is 10.6 Å². The Morgan fingerprint density at radius 3 is 2.38 bits per heavy atom. The summed E-state index contributed by atoms with van der Waals surface area (Å²) in [7, 11) is 0. The Labute approximate surface area is 128 Å². The molecule has 4 nitrogen and oxygen atoms in total. The minimum absolute atomic E-state index is 0.115. The van der Waals surface area contributed by atoms with Crippen LogP contribution in [0.4, 0.5) is 14.5 Å². The summed E-state index contributed by atoms with van der Waals surface area (Å²) >= 11 is 3.35. The molecule has 7 heteroatoms. The maximum Gasteiger partial charge on any atom is 0.251 e. The predicted octanol–water partition coefficient (Wildman–Crippen LogP) is 2.94. The van der Waals surface area contributed by atoms with E-state index in [-0.39, 0.29) is 12.1 Å². The van der Waals surface area contributed by atoms with Gasteiger partial charge >= 0.3 is 0 Å². The highest BCUT2D eigenvalue weighted by molar-refractivity contribution is 9.10. The Morgan fingerprint density at radius 2 is 1.81 bits per heavy atom. The summed E-state index contributed by atoms with van der Waals surface area (Å²) in [5.41, 5.74) is 2.17. The van der Waals surface area contributed by atoms with Crippen molar-refractivity contribution in [3.63, 3.8) is 0 Å². The molecular weight excluding hydrogens is 344 g/mol. The monoisotopic (exact) mass is 355 g/mol. The van der Waals surface area contributed by atoms with E-state index in [1.807, 2.05) is 29.7 Å².